The minimum atomic E-state index is -3.28. The summed E-state index contributed by atoms with van der Waals surface area (Å²) in [5.41, 5.74) is 12.2. The van der Waals surface area contributed by atoms with Crippen molar-refractivity contribution in [2.24, 2.45) is 11.5 Å². The van der Waals surface area contributed by atoms with Crippen molar-refractivity contribution < 1.29 is 8.42 Å². The predicted octanol–water partition coefficient (Wildman–Crippen LogP) is 2.91. The van der Waals surface area contributed by atoms with E-state index in [9.17, 15) is 8.42 Å². The monoisotopic (exact) mass is 422 g/mol. The summed E-state index contributed by atoms with van der Waals surface area (Å²) in [6, 6.07) is 0. The lowest BCUT2D eigenvalue weighted by atomic mass is 10.2. The van der Waals surface area contributed by atoms with E-state index < -0.39 is 10.0 Å². The van der Waals surface area contributed by atoms with Crippen LogP contribution in [0.15, 0.2) is 70.9 Å². The highest BCUT2D eigenvalue weighted by Gasteiger charge is 2.26. The van der Waals surface area contributed by atoms with Crippen molar-refractivity contribution in [1.29, 1.82) is 0 Å². The second kappa shape index (κ2) is 15.0. The summed E-state index contributed by atoms with van der Waals surface area (Å²) in [5, 5.41) is 0. The van der Waals surface area contributed by atoms with Crippen molar-refractivity contribution in [3.63, 3.8) is 0 Å². The fourth-order valence-electron chi connectivity index (χ4n) is 2.43. The SMILES string of the molecule is CC1=CCC=CC=C1N.CN.C\C=C/C=C\C=C(/C)S(=O)(=O)N1CCN(C)CC1. The fourth-order valence-corrected chi connectivity index (χ4v) is 3.73. The Morgan fingerprint density at radius 3 is 2.31 bits per heavy atom. The molecule has 0 radical (unpaired) electrons. The zero-order valence-corrected chi connectivity index (χ0v) is 19.3. The molecule has 1 aliphatic heterocycles. The molecule has 2 rings (SSSR count). The van der Waals surface area contributed by atoms with Gasteiger partial charge in [-0.25, -0.2) is 8.42 Å². The molecule has 1 fully saturated rings. The van der Waals surface area contributed by atoms with Crippen LogP contribution in [0.3, 0.4) is 0 Å². The third kappa shape index (κ3) is 10.4. The van der Waals surface area contributed by atoms with E-state index in [0.29, 0.717) is 18.0 Å². The number of hydrogen-bond acceptors (Lipinski definition) is 5. The van der Waals surface area contributed by atoms with Gasteiger partial charge >= 0.3 is 0 Å². The first kappa shape index (κ1) is 27.1. The Labute approximate surface area is 177 Å². The number of sulfonamides is 1. The highest BCUT2D eigenvalue weighted by molar-refractivity contribution is 7.93. The molecule has 0 atom stereocenters. The molecule has 0 aromatic carbocycles. The Bertz CT molecular complexity index is 752. The molecule has 0 saturated carbocycles. The summed E-state index contributed by atoms with van der Waals surface area (Å²) >= 11 is 0. The van der Waals surface area contributed by atoms with Crippen LogP contribution >= 0.6 is 0 Å². The first-order valence-corrected chi connectivity index (χ1v) is 11.2. The van der Waals surface area contributed by atoms with Crippen molar-refractivity contribution in [3.05, 3.63) is 70.9 Å². The zero-order chi connectivity index (χ0) is 22.3. The average molecular weight is 423 g/mol. The van der Waals surface area contributed by atoms with Crippen LogP contribution in [0.4, 0.5) is 0 Å². The highest BCUT2D eigenvalue weighted by Crippen LogP contribution is 2.15. The lowest BCUT2D eigenvalue weighted by Crippen LogP contribution is -2.47. The van der Waals surface area contributed by atoms with Gasteiger partial charge in [-0.1, -0.05) is 42.5 Å². The third-order valence-corrected chi connectivity index (χ3v) is 6.38. The van der Waals surface area contributed by atoms with Crippen molar-refractivity contribution in [2.75, 3.05) is 40.3 Å². The largest absolute Gasteiger partial charge is 0.399 e. The number of nitrogens with two attached hydrogens (primary N) is 2. The van der Waals surface area contributed by atoms with E-state index in [2.05, 4.69) is 22.8 Å². The van der Waals surface area contributed by atoms with Gasteiger partial charge in [-0.3, -0.25) is 0 Å². The normalized spacial score (nSPS) is 19.0. The predicted molar refractivity (Wildman–Crippen MR) is 126 cm³/mol. The molecule has 0 aromatic heterocycles. The molecule has 7 heteroatoms. The molecule has 0 unspecified atom stereocenters. The van der Waals surface area contributed by atoms with Crippen molar-refractivity contribution in [3.8, 4) is 0 Å². The lowest BCUT2D eigenvalue weighted by molar-refractivity contribution is 0.223. The topological polar surface area (TPSA) is 92.7 Å². The van der Waals surface area contributed by atoms with Crippen LogP contribution in [0.25, 0.3) is 0 Å². The Morgan fingerprint density at radius 1 is 1.10 bits per heavy atom. The summed E-state index contributed by atoms with van der Waals surface area (Å²) < 4.78 is 26.0. The van der Waals surface area contributed by atoms with Gasteiger partial charge in [0.15, 0.2) is 0 Å². The molecular formula is C22H38N4O2S. The number of nitrogens with zero attached hydrogens (tertiary/aromatic N) is 2. The van der Waals surface area contributed by atoms with E-state index in [1.165, 1.54) is 12.6 Å². The molecule has 6 nitrogen and oxygen atoms in total. The minimum absolute atomic E-state index is 0.396. The first-order chi connectivity index (χ1) is 13.8. The number of allylic oxidation sites excluding steroid dienone is 11. The van der Waals surface area contributed by atoms with Gasteiger partial charge in [-0.15, -0.1) is 0 Å². The second-order valence-corrected chi connectivity index (χ2v) is 8.68. The highest BCUT2D eigenvalue weighted by atomic mass is 32.2. The molecule has 29 heavy (non-hydrogen) atoms. The van der Waals surface area contributed by atoms with Gasteiger partial charge in [-0.05, 0) is 59.0 Å². The molecule has 2 aliphatic rings. The second-order valence-electron chi connectivity index (χ2n) is 6.57. The van der Waals surface area contributed by atoms with Gasteiger partial charge in [0.2, 0.25) is 10.0 Å². The Balaban J connectivity index is 0.000000595. The van der Waals surface area contributed by atoms with Crippen LogP contribution in [-0.4, -0.2) is 57.9 Å². The minimum Gasteiger partial charge on any atom is -0.399 e. The van der Waals surface area contributed by atoms with E-state index in [-0.39, 0.29) is 0 Å². The first-order valence-electron chi connectivity index (χ1n) is 9.81. The molecule has 4 N–H and O–H groups in total. The van der Waals surface area contributed by atoms with E-state index in [1.807, 2.05) is 51.3 Å². The van der Waals surface area contributed by atoms with Gasteiger partial charge in [0.1, 0.15) is 0 Å². The number of rotatable bonds is 4. The summed E-state index contributed by atoms with van der Waals surface area (Å²) in [5.74, 6) is 0. The van der Waals surface area contributed by atoms with E-state index in [1.54, 1.807) is 23.4 Å². The molecule has 1 saturated heterocycles. The summed E-state index contributed by atoms with van der Waals surface area (Å²) in [6.45, 7) is 8.32. The molecular weight excluding hydrogens is 384 g/mol. The maximum absolute atomic E-state index is 12.2. The quantitative estimate of drug-likeness (QED) is 0.680. The van der Waals surface area contributed by atoms with Gasteiger partial charge in [0.05, 0.1) is 4.91 Å². The van der Waals surface area contributed by atoms with Crippen LogP contribution in [0, 0.1) is 0 Å². The zero-order valence-electron chi connectivity index (χ0n) is 18.5. The van der Waals surface area contributed by atoms with Gasteiger partial charge in [0, 0.05) is 31.9 Å². The summed E-state index contributed by atoms with van der Waals surface area (Å²) in [4.78, 5) is 2.53. The van der Waals surface area contributed by atoms with Crippen LogP contribution in [0.1, 0.15) is 27.2 Å². The lowest BCUT2D eigenvalue weighted by Gasteiger charge is -2.31. The van der Waals surface area contributed by atoms with Crippen LogP contribution in [-0.2, 0) is 10.0 Å². The Kier molecular flexibility index (Phi) is 14.0. The molecule has 164 valence electrons. The smallest absolute Gasteiger partial charge is 0.239 e. The Morgan fingerprint density at radius 2 is 1.72 bits per heavy atom. The van der Waals surface area contributed by atoms with Crippen molar-refractivity contribution >= 4 is 10.0 Å². The van der Waals surface area contributed by atoms with Crippen molar-refractivity contribution in [1.82, 2.24) is 9.21 Å². The van der Waals surface area contributed by atoms with Crippen LogP contribution < -0.4 is 11.5 Å². The summed E-state index contributed by atoms with van der Waals surface area (Å²) in [6.07, 6.45) is 18.1. The van der Waals surface area contributed by atoms with Gasteiger partial charge in [0.25, 0.3) is 0 Å². The molecule has 1 heterocycles. The van der Waals surface area contributed by atoms with Crippen molar-refractivity contribution in [2.45, 2.75) is 27.2 Å². The maximum atomic E-state index is 12.2. The van der Waals surface area contributed by atoms with Crippen LogP contribution in [0.2, 0.25) is 0 Å². The molecule has 1 aliphatic carbocycles. The molecule has 0 bridgehead atoms. The molecule has 0 aromatic rings. The van der Waals surface area contributed by atoms with Gasteiger partial charge < -0.3 is 16.4 Å². The maximum Gasteiger partial charge on any atom is 0.239 e. The van der Waals surface area contributed by atoms with E-state index in [4.69, 9.17) is 5.73 Å². The number of hydrogen-bond donors (Lipinski definition) is 2. The van der Waals surface area contributed by atoms with Crippen LogP contribution in [0.5, 0.6) is 0 Å². The molecule has 0 spiro atoms. The third-order valence-electron chi connectivity index (χ3n) is 4.38. The van der Waals surface area contributed by atoms with E-state index >= 15 is 0 Å². The number of piperazine rings is 1. The summed E-state index contributed by atoms with van der Waals surface area (Å²) in [7, 11) is 0.226. The Hall–Kier alpha value is -1.93. The fraction of sp³-hybridized carbons (Fsp3) is 0.455. The standard InChI is InChI=1S/C13H22N2O2S.C8H11N.CH5N/c1-4-5-6-7-8-13(2)18(16,17)15-11-9-14(3)10-12-15;1-7-5-3-2-4-6-8(7)9;1-2/h4-8H,9-12H2,1-3H3;2,4-6H,3,9H2,1H3;2H2,1H3/b5-4-,7-6-,13-8+;;. The number of likely N-dealkylation sites (N-methyl/N-ethyl adjacent to an activating group) is 1. The van der Waals surface area contributed by atoms with Gasteiger partial charge in [-0.2, -0.15) is 4.31 Å². The average Bonchev–Trinajstić information content (AvgIpc) is 2.91. The van der Waals surface area contributed by atoms with E-state index in [0.717, 1.165) is 25.2 Å². The molecule has 0 amide bonds.